The number of carbonyl (C=O) groups is 1. The van der Waals surface area contributed by atoms with Gasteiger partial charge in [0, 0.05) is 6.92 Å². The third-order valence-corrected chi connectivity index (χ3v) is 2.75. The maximum absolute atomic E-state index is 13.6. The molecule has 0 saturated heterocycles. The van der Waals surface area contributed by atoms with Gasteiger partial charge < -0.3 is 9.84 Å². The number of carboxylic acid groups (broad SMARTS) is 1. The van der Waals surface area contributed by atoms with Gasteiger partial charge in [0.05, 0.1) is 5.56 Å². The Labute approximate surface area is 125 Å². The fourth-order valence-electron chi connectivity index (χ4n) is 1.77. The highest BCUT2D eigenvalue weighted by atomic mass is 19.3. The molecule has 1 heterocycles. The topological polar surface area (TPSA) is 59.4 Å². The molecule has 2 aromatic rings. The van der Waals surface area contributed by atoms with Gasteiger partial charge in [0.2, 0.25) is 5.88 Å². The zero-order chi connectivity index (χ0) is 16.3. The fraction of sp³-hybridized carbons (Fsp3) is 0.125. The number of para-hydroxylation sites is 1. The molecule has 0 amide bonds. The monoisotopic (exact) mass is 303 g/mol. The summed E-state index contributed by atoms with van der Waals surface area (Å²) in [6.07, 6.45) is 5.16. The third-order valence-electron chi connectivity index (χ3n) is 2.75. The zero-order valence-electron chi connectivity index (χ0n) is 11.5. The van der Waals surface area contributed by atoms with E-state index in [1.165, 1.54) is 0 Å². The lowest BCUT2D eigenvalue weighted by molar-refractivity contribution is 0.0119. The Kier molecular flexibility index (Phi) is 4.08. The van der Waals surface area contributed by atoms with Crippen LogP contribution >= 0.6 is 0 Å². The summed E-state index contributed by atoms with van der Waals surface area (Å²) in [5, 5.41) is 9.18. The van der Waals surface area contributed by atoms with Crippen molar-refractivity contribution in [3.05, 3.63) is 53.2 Å². The summed E-state index contributed by atoms with van der Waals surface area (Å²) < 4.78 is 32.5. The normalized spacial score (nSPS) is 10.8. The van der Waals surface area contributed by atoms with E-state index in [9.17, 15) is 18.7 Å². The van der Waals surface area contributed by atoms with E-state index in [2.05, 4.69) is 4.98 Å². The number of aromatic carboxylic acids is 1. The highest BCUT2D eigenvalue weighted by Gasteiger charge is 2.32. The average molecular weight is 303 g/mol. The third kappa shape index (κ3) is 3.20. The molecule has 0 bridgehead atoms. The fourth-order valence-corrected chi connectivity index (χ4v) is 1.77. The van der Waals surface area contributed by atoms with Crippen molar-refractivity contribution in [3.8, 4) is 24.0 Å². The predicted molar refractivity (Wildman–Crippen MR) is 75.2 cm³/mol. The van der Waals surface area contributed by atoms with Gasteiger partial charge in [0.15, 0.2) is 0 Å². The minimum atomic E-state index is -3.33. The number of rotatable bonds is 4. The van der Waals surface area contributed by atoms with Crippen LogP contribution in [0.1, 0.15) is 28.5 Å². The Balaban J connectivity index is 2.60. The lowest BCUT2D eigenvalue weighted by atomic mass is 10.1. The number of nitrogens with zero attached hydrogens (tertiary/aromatic N) is 1. The molecular weight excluding hydrogens is 292 g/mol. The summed E-state index contributed by atoms with van der Waals surface area (Å²) in [4.78, 5) is 14.9. The second-order valence-electron chi connectivity index (χ2n) is 4.49. The van der Waals surface area contributed by atoms with Gasteiger partial charge in [-0.2, -0.15) is 8.78 Å². The smallest absolute Gasteiger partial charge is 0.341 e. The van der Waals surface area contributed by atoms with E-state index in [0.717, 1.165) is 6.07 Å². The lowest BCUT2D eigenvalue weighted by Crippen LogP contribution is -2.15. The SMILES string of the molecule is C#Cc1cc(C(=O)O)c(Oc2ccccc2)nc1C(C)(F)F. The minimum absolute atomic E-state index is 0.274. The minimum Gasteiger partial charge on any atom is -0.477 e. The van der Waals surface area contributed by atoms with E-state index in [1.54, 1.807) is 30.3 Å². The molecule has 0 saturated carbocycles. The summed E-state index contributed by atoms with van der Waals surface area (Å²) in [6, 6.07) is 9.09. The highest BCUT2D eigenvalue weighted by Crippen LogP contribution is 2.33. The molecule has 0 unspecified atom stereocenters. The van der Waals surface area contributed by atoms with Crippen LogP contribution in [0, 0.1) is 12.3 Å². The number of benzene rings is 1. The highest BCUT2D eigenvalue weighted by molar-refractivity contribution is 5.91. The Bertz CT molecular complexity index is 746. The molecule has 0 aliphatic rings. The Morgan fingerprint density at radius 1 is 1.36 bits per heavy atom. The molecule has 0 fully saturated rings. The van der Waals surface area contributed by atoms with Crippen molar-refractivity contribution in [1.82, 2.24) is 4.98 Å². The number of aromatic nitrogens is 1. The molecule has 2 rings (SSSR count). The molecule has 112 valence electrons. The van der Waals surface area contributed by atoms with Crippen molar-refractivity contribution in [2.45, 2.75) is 12.8 Å². The number of pyridine rings is 1. The molecule has 0 atom stereocenters. The number of halogens is 2. The summed E-state index contributed by atoms with van der Waals surface area (Å²) in [5.41, 5.74) is -1.37. The molecule has 22 heavy (non-hydrogen) atoms. The van der Waals surface area contributed by atoms with Gasteiger partial charge in [0.1, 0.15) is 17.0 Å². The first-order chi connectivity index (χ1) is 10.3. The molecule has 0 aliphatic heterocycles. The number of ether oxygens (including phenoxy) is 1. The molecular formula is C16H11F2NO3. The van der Waals surface area contributed by atoms with Gasteiger partial charge >= 0.3 is 5.97 Å². The van der Waals surface area contributed by atoms with Crippen LogP contribution in [-0.2, 0) is 5.92 Å². The second-order valence-corrected chi connectivity index (χ2v) is 4.49. The van der Waals surface area contributed by atoms with E-state index >= 15 is 0 Å². The molecule has 0 aliphatic carbocycles. The van der Waals surface area contributed by atoms with Crippen LogP contribution < -0.4 is 4.74 Å². The Morgan fingerprint density at radius 3 is 2.50 bits per heavy atom. The van der Waals surface area contributed by atoms with Gasteiger partial charge in [-0.3, -0.25) is 0 Å². The van der Waals surface area contributed by atoms with Gasteiger partial charge in [-0.25, -0.2) is 9.78 Å². The van der Waals surface area contributed by atoms with Crippen LogP contribution in [0.4, 0.5) is 8.78 Å². The number of terminal acetylenes is 1. The molecule has 4 nitrogen and oxygen atoms in total. The van der Waals surface area contributed by atoms with Crippen LogP contribution in [0.15, 0.2) is 36.4 Å². The standard InChI is InChI=1S/C16H11F2NO3/c1-3-10-9-12(15(20)21)14(19-13(10)16(2,17)18)22-11-7-5-4-6-8-11/h1,4-9H,2H3,(H,20,21). The zero-order valence-corrected chi connectivity index (χ0v) is 11.5. The van der Waals surface area contributed by atoms with Crippen molar-refractivity contribution in [3.63, 3.8) is 0 Å². The van der Waals surface area contributed by atoms with Crippen molar-refractivity contribution in [2.75, 3.05) is 0 Å². The summed E-state index contributed by atoms with van der Waals surface area (Å²) in [5.74, 6) is -2.83. The van der Waals surface area contributed by atoms with E-state index in [-0.39, 0.29) is 16.9 Å². The van der Waals surface area contributed by atoms with Crippen molar-refractivity contribution in [1.29, 1.82) is 0 Å². The molecule has 0 radical (unpaired) electrons. The number of carboxylic acids is 1. The van der Waals surface area contributed by atoms with Crippen molar-refractivity contribution in [2.24, 2.45) is 0 Å². The molecule has 1 aromatic carbocycles. The van der Waals surface area contributed by atoms with Crippen LogP contribution in [0.3, 0.4) is 0 Å². The van der Waals surface area contributed by atoms with Gasteiger partial charge in [-0.05, 0) is 18.2 Å². The Hall–Kier alpha value is -2.94. The van der Waals surface area contributed by atoms with Crippen molar-refractivity contribution < 1.29 is 23.4 Å². The Morgan fingerprint density at radius 2 is 2.00 bits per heavy atom. The summed E-state index contributed by atoms with van der Waals surface area (Å²) >= 11 is 0. The van der Waals surface area contributed by atoms with E-state index in [4.69, 9.17) is 11.2 Å². The molecule has 1 aromatic heterocycles. The van der Waals surface area contributed by atoms with Gasteiger partial charge in [-0.1, -0.05) is 24.1 Å². The quantitative estimate of drug-likeness (QED) is 0.876. The largest absolute Gasteiger partial charge is 0.477 e. The van der Waals surface area contributed by atoms with E-state index in [1.807, 2.05) is 5.92 Å². The molecule has 6 heteroatoms. The van der Waals surface area contributed by atoms with Crippen molar-refractivity contribution >= 4 is 5.97 Å². The number of alkyl halides is 2. The first-order valence-corrected chi connectivity index (χ1v) is 6.19. The van der Waals surface area contributed by atoms with Crippen LogP contribution in [-0.4, -0.2) is 16.1 Å². The summed E-state index contributed by atoms with van der Waals surface area (Å²) in [7, 11) is 0. The van der Waals surface area contributed by atoms with Crippen LogP contribution in [0.5, 0.6) is 11.6 Å². The molecule has 1 N–H and O–H groups in total. The first-order valence-electron chi connectivity index (χ1n) is 6.19. The van der Waals surface area contributed by atoms with E-state index in [0.29, 0.717) is 6.92 Å². The summed E-state index contributed by atoms with van der Waals surface area (Å²) in [6.45, 7) is 0.628. The van der Waals surface area contributed by atoms with E-state index < -0.39 is 23.5 Å². The molecule has 0 spiro atoms. The lowest BCUT2D eigenvalue weighted by Gasteiger charge is -2.15. The maximum atomic E-state index is 13.6. The average Bonchev–Trinajstić information content (AvgIpc) is 2.46. The second kappa shape index (κ2) is 5.82. The van der Waals surface area contributed by atoms with Gasteiger partial charge in [0.25, 0.3) is 5.92 Å². The number of hydrogen-bond donors (Lipinski definition) is 1. The predicted octanol–water partition coefficient (Wildman–Crippen LogP) is 3.67. The van der Waals surface area contributed by atoms with Gasteiger partial charge in [-0.15, -0.1) is 6.42 Å². The number of hydrogen-bond acceptors (Lipinski definition) is 3. The van der Waals surface area contributed by atoms with Crippen LogP contribution in [0.25, 0.3) is 0 Å². The first kappa shape index (κ1) is 15.4. The van der Waals surface area contributed by atoms with Crippen LogP contribution in [0.2, 0.25) is 0 Å². The maximum Gasteiger partial charge on any atom is 0.341 e.